The Labute approximate surface area is 374 Å². The molecule has 2 nitrogen and oxygen atoms in total. The summed E-state index contributed by atoms with van der Waals surface area (Å²) < 4.78 is 8.96. The number of benzene rings is 7. The van der Waals surface area contributed by atoms with Crippen molar-refractivity contribution in [2.75, 3.05) is 0 Å². The Hall–Kier alpha value is -7.08. The van der Waals surface area contributed by atoms with E-state index in [0.717, 1.165) is 39.7 Å². The monoisotopic (exact) mass is 821 g/mol. The molecule has 0 aliphatic heterocycles. The van der Waals surface area contributed by atoms with Gasteiger partial charge in [0.1, 0.15) is 5.58 Å². The second-order valence-electron chi connectivity index (χ2n) is 16.6. The summed E-state index contributed by atoms with van der Waals surface area (Å²) in [5, 5.41) is 6.00. The minimum Gasteiger partial charge on any atom is -0.439 e. The van der Waals surface area contributed by atoms with Gasteiger partial charge in [0, 0.05) is 16.5 Å². The van der Waals surface area contributed by atoms with Gasteiger partial charge in [0.2, 0.25) is 5.71 Å². The zero-order valence-electron chi connectivity index (χ0n) is 38.1. The van der Waals surface area contributed by atoms with Gasteiger partial charge in [-0.3, -0.25) is 4.57 Å². The summed E-state index contributed by atoms with van der Waals surface area (Å²) in [7, 11) is 0. The van der Waals surface area contributed by atoms with Crippen LogP contribution in [-0.4, -0.2) is 4.57 Å². The third kappa shape index (κ3) is 9.11. The maximum absolute atomic E-state index is 6.71. The highest BCUT2D eigenvalue weighted by atomic mass is 16.3. The van der Waals surface area contributed by atoms with Crippen molar-refractivity contribution in [3.8, 4) is 29.2 Å². The lowest BCUT2D eigenvalue weighted by atomic mass is 9.81. The SMILES string of the molecule is C#CC.C/C=C\C(=C/CC(c1ccccc1C)C(C)C)c1c(/C=C\C)c(C)c(-c2ccc3oc4c(c3c2)c2ccccc2n4-c2ccccc2)c2ccccc12.Cc1ccccc1. The summed E-state index contributed by atoms with van der Waals surface area (Å²) in [4.78, 5) is 0. The molecule has 1 unspecified atom stereocenters. The van der Waals surface area contributed by atoms with Crippen LogP contribution in [0.3, 0.4) is 0 Å². The highest BCUT2D eigenvalue weighted by Crippen LogP contribution is 2.45. The van der Waals surface area contributed by atoms with Crippen molar-refractivity contribution in [2.45, 2.75) is 67.7 Å². The fourth-order valence-electron chi connectivity index (χ4n) is 9.11. The highest BCUT2D eigenvalue weighted by molar-refractivity contribution is 6.21. The third-order valence-electron chi connectivity index (χ3n) is 12.0. The molecule has 9 aromatic rings. The van der Waals surface area contributed by atoms with Crippen LogP contribution in [0.4, 0.5) is 0 Å². The molecule has 9 rings (SSSR count). The van der Waals surface area contributed by atoms with Crippen LogP contribution in [-0.2, 0) is 0 Å². The quantitative estimate of drug-likeness (QED) is 0.105. The Balaban J connectivity index is 0.000000531. The van der Waals surface area contributed by atoms with E-state index in [-0.39, 0.29) is 0 Å². The lowest BCUT2D eigenvalue weighted by molar-refractivity contribution is 0.501. The Bertz CT molecular complexity index is 3120. The molecule has 0 N–H and O–H groups in total. The van der Waals surface area contributed by atoms with Gasteiger partial charge in [-0.1, -0.05) is 171 Å². The molecule has 0 aliphatic carbocycles. The molecule has 0 saturated carbocycles. The van der Waals surface area contributed by atoms with E-state index in [1.54, 1.807) is 6.92 Å². The summed E-state index contributed by atoms with van der Waals surface area (Å²) in [5.74, 6) is 3.20. The number of aromatic nitrogens is 1. The number of nitrogens with zero attached hydrogens (tertiary/aromatic N) is 1. The molecular formula is C61H59NO. The molecule has 2 heterocycles. The molecule has 0 amide bonds. The Kier molecular flexibility index (Phi) is 14.1. The van der Waals surface area contributed by atoms with E-state index in [9.17, 15) is 0 Å². The fourth-order valence-corrected chi connectivity index (χ4v) is 9.11. The zero-order chi connectivity index (χ0) is 44.5. The molecular weight excluding hydrogens is 763 g/mol. The van der Waals surface area contributed by atoms with Gasteiger partial charge in [-0.15, -0.1) is 12.3 Å². The first-order chi connectivity index (χ1) is 30.7. The summed E-state index contributed by atoms with van der Waals surface area (Å²) in [6.07, 6.45) is 17.0. The number of furan rings is 1. The standard InChI is InChI=1S/C51H47NO.C7H8.C3H4/c1-7-18-36(28-30-39(33(3)4)40-23-13-12-20-34(40)5)49-41(19-8-2)35(6)48(42-24-14-15-25-43(42)49)37-29-31-47-45(32-37)50-44-26-16-17-27-46(44)52(51(50)53-47)38-21-10-9-11-22-38;1-7-5-3-2-4-6-7;1-3-2/h7-29,31-33,39H,30H2,1-6H3;2-6H,1H3;1H,2H3/b18-7-,19-8-,36-28+;;. The number of hydrogen-bond donors (Lipinski definition) is 0. The van der Waals surface area contributed by atoms with Crippen molar-refractivity contribution in [3.05, 3.63) is 209 Å². The van der Waals surface area contributed by atoms with Gasteiger partial charge >= 0.3 is 0 Å². The molecule has 0 saturated heterocycles. The summed E-state index contributed by atoms with van der Waals surface area (Å²) in [6.45, 7) is 17.2. The van der Waals surface area contributed by atoms with E-state index in [2.05, 4.69) is 229 Å². The highest BCUT2D eigenvalue weighted by Gasteiger charge is 2.23. The maximum atomic E-state index is 6.71. The van der Waals surface area contributed by atoms with Gasteiger partial charge in [0.25, 0.3) is 0 Å². The molecule has 0 radical (unpaired) electrons. The minimum absolute atomic E-state index is 0.430. The van der Waals surface area contributed by atoms with Crippen molar-refractivity contribution in [1.29, 1.82) is 0 Å². The predicted octanol–water partition coefficient (Wildman–Crippen LogP) is 17.4. The normalized spacial score (nSPS) is 12.2. The number of terminal acetylenes is 1. The average Bonchev–Trinajstić information content (AvgIpc) is 3.82. The molecule has 1 atom stereocenters. The van der Waals surface area contributed by atoms with Gasteiger partial charge in [0.15, 0.2) is 0 Å². The first-order valence-corrected chi connectivity index (χ1v) is 22.2. The van der Waals surface area contributed by atoms with Crippen molar-refractivity contribution in [2.24, 2.45) is 5.92 Å². The van der Waals surface area contributed by atoms with Crippen molar-refractivity contribution < 1.29 is 4.42 Å². The second-order valence-corrected chi connectivity index (χ2v) is 16.6. The van der Waals surface area contributed by atoms with Gasteiger partial charge in [-0.05, 0) is 145 Å². The number of hydrogen-bond acceptors (Lipinski definition) is 1. The first-order valence-electron chi connectivity index (χ1n) is 22.2. The summed E-state index contributed by atoms with van der Waals surface area (Å²) in [6, 6.07) is 54.0. The van der Waals surface area contributed by atoms with Crippen LogP contribution in [0, 0.1) is 39.0 Å². The van der Waals surface area contributed by atoms with Crippen LogP contribution >= 0.6 is 0 Å². The predicted molar refractivity (Wildman–Crippen MR) is 275 cm³/mol. The molecule has 0 fully saturated rings. The number of aryl methyl sites for hydroxylation is 2. The molecule has 314 valence electrons. The number of rotatable bonds is 9. The summed E-state index contributed by atoms with van der Waals surface area (Å²) >= 11 is 0. The molecule has 2 heteroatoms. The van der Waals surface area contributed by atoms with Crippen LogP contribution < -0.4 is 0 Å². The Morgan fingerprint density at radius 1 is 0.698 bits per heavy atom. The van der Waals surface area contributed by atoms with E-state index in [1.807, 2.05) is 18.2 Å². The molecule has 7 aromatic carbocycles. The van der Waals surface area contributed by atoms with E-state index in [1.165, 1.54) is 66.2 Å². The molecule has 2 aromatic heterocycles. The zero-order valence-corrected chi connectivity index (χ0v) is 38.1. The van der Waals surface area contributed by atoms with Crippen molar-refractivity contribution >= 4 is 55.4 Å². The van der Waals surface area contributed by atoms with Crippen LogP contribution in [0.15, 0.2) is 180 Å². The van der Waals surface area contributed by atoms with E-state index < -0.39 is 0 Å². The van der Waals surface area contributed by atoms with Crippen molar-refractivity contribution in [1.82, 2.24) is 4.57 Å². The number of fused-ring (bicyclic) bond motifs is 6. The summed E-state index contributed by atoms with van der Waals surface area (Å²) in [5.41, 5.74) is 15.7. The minimum atomic E-state index is 0.430. The van der Waals surface area contributed by atoms with E-state index >= 15 is 0 Å². The third-order valence-corrected chi connectivity index (χ3v) is 12.0. The van der Waals surface area contributed by atoms with Crippen LogP contribution in [0.5, 0.6) is 0 Å². The number of para-hydroxylation sites is 2. The van der Waals surface area contributed by atoms with Gasteiger partial charge in [-0.25, -0.2) is 0 Å². The molecule has 0 bridgehead atoms. The van der Waals surface area contributed by atoms with Crippen LogP contribution in [0.25, 0.3) is 72.2 Å². The van der Waals surface area contributed by atoms with E-state index in [0.29, 0.717) is 11.8 Å². The van der Waals surface area contributed by atoms with E-state index in [4.69, 9.17) is 4.42 Å². The molecule has 0 aliphatic rings. The van der Waals surface area contributed by atoms with Crippen LogP contribution in [0.1, 0.15) is 80.3 Å². The Morgan fingerprint density at radius 2 is 1.32 bits per heavy atom. The first kappa shape index (κ1) is 44.0. The largest absolute Gasteiger partial charge is 0.439 e. The van der Waals surface area contributed by atoms with Crippen LogP contribution in [0.2, 0.25) is 0 Å². The topological polar surface area (TPSA) is 18.1 Å². The number of allylic oxidation sites excluding steroid dienone is 5. The van der Waals surface area contributed by atoms with Gasteiger partial charge in [-0.2, -0.15) is 0 Å². The molecule has 63 heavy (non-hydrogen) atoms. The Morgan fingerprint density at radius 3 is 1.95 bits per heavy atom. The smallest absolute Gasteiger partial charge is 0.213 e. The van der Waals surface area contributed by atoms with Crippen molar-refractivity contribution in [3.63, 3.8) is 0 Å². The van der Waals surface area contributed by atoms with Gasteiger partial charge < -0.3 is 4.42 Å². The van der Waals surface area contributed by atoms with Gasteiger partial charge in [0.05, 0.1) is 10.9 Å². The second kappa shape index (κ2) is 20.2. The average molecular weight is 822 g/mol. The maximum Gasteiger partial charge on any atom is 0.213 e. The lowest BCUT2D eigenvalue weighted by Crippen LogP contribution is -2.08. The molecule has 0 spiro atoms. The fraction of sp³-hybridized carbons (Fsp3) is 0.180. The lowest BCUT2D eigenvalue weighted by Gasteiger charge is -2.24.